The molecule has 0 atom stereocenters. The van der Waals surface area contributed by atoms with Crippen LogP contribution in [0.2, 0.25) is 0 Å². The molecule has 1 N–H and O–H groups in total. The molecule has 2 amide bonds. The Morgan fingerprint density at radius 1 is 1.03 bits per heavy atom. The van der Waals surface area contributed by atoms with Crippen molar-refractivity contribution in [2.75, 3.05) is 13.7 Å². The highest BCUT2D eigenvalue weighted by Gasteiger charge is 2.17. The number of methoxy groups -OCH3 is 1. The summed E-state index contributed by atoms with van der Waals surface area (Å²) in [6.45, 7) is 4.29. The van der Waals surface area contributed by atoms with Crippen LogP contribution >= 0.6 is 0 Å². The maximum absolute atomic E-state index is 12.8. The molecule has 0 saturated carbocycles. The molecule has 2 aromatic carbocycles. The van der Waals surface area contributed by atoms with Gasteiger partial charge in [0.25, 0.3) is 11.8 Å². The van der Waals surface area contributed by atoms with Crippen molar-refractivity contribution in [3.63, 3.8) is 0 Å². The molecule has 0 bridgehead atoms. The first-order valence-corrected chi connectivity index (χ1v) is 10.1. The van der Waals surface area contributed by atoms with Crippen molar-refractivity contribution in [2.24, 2.45) is 4.99 Å². The second-order valence-electron chi connectivity index (χ2n) is 7.24. The van der Waals surface area contributed by atoms with Crippen LogP contribution in [0, 0.1) is 13.8 Å². The van der Waals surface area contributed by atoms with Gasteiger partial charge in [0.15, 0.2) is 0 Å². The molecule has 3 rings (SSSR count). The molecule has 0 aliphatic rings. The molecule has 160 valence electrons. The number of carbonyl (C=O) groups is 2. The fourth-order valence-electron chi connectivity index (χ4n) is 3.13. The number of hydrogen-bond acceptors (Lipinski definition) is 4. The van der Waals surface area contributed by atoms with Gasteiger partial charge in [-0.15, -0.1) is 0 Å². The maximum atomic E-state index is 12.8. The van der Waals surface area contributed by atoms with Gasteiger partial charge in [0, 0.05) is 12.1 Å². The Labute approximate surface area is 182 Å². The molecule has 0 radical (unpaired) electrons. The first-order chi connectivity index (χ1) is 15.0. The number of furan rings is 1. The van der Waals surface area contributed by atoms with E-state index in [0.29, 0.717) is 24.3 Å². The van der Waals surface area contributed by atoms with Gasteiger partial charge in [-0.1, -0.05) is 24.3 Å². The van der Waals surface area contributed by atoms with Crippen molar-refractivity contribution in [2.45, 2.75) is 26.7 Å². The average molecular weight is 418 g/mol. The van der Waals surface area contributed by atoms with Crippen LogP contribution in [0.1, 0.15) is 32.8 Å². The highest BCUT2D eigenvalue weighted by atomic mass is 16.5. The van der Waals surface area contributed by atoms with Crippen molar-refractivity contribution < 1.29 is 18.7 Å². The normalized spacial score (nSPS) is 11.3. The fraction of sp³-hybridized carbons (Fsp3) is 0.240. The lowest BCUT2D eigenvalue weighted by Crippen LogP contribution is -2.34. The van der Waals surface area contributed by atoms with Gasteiger partial charge in [0.1, 0.15) is 17.2 Å². The average Bonchev–Trinajstić information content (AvgIpc) is 3.28. The van der Waals surface area contributed by atoms with E-state index >= 15 is 0 Å². The van der Waals surface area contributed by atoms with Crippen LogP contribution in [0.3, 0.4) is 0 Å². The van der Waals surface area contributed by atoms with Gasteiger partial charge in [0.2, 0.25) is 0 Å². The Hall–Kier alpha value is -3.67. The minimum atomic E-state index is -0.454. The Bertz CT molecular complexity index is 1080. The number of nitrogens with zero attached hydrogens (tertiary/aromatic N) is 1. The first-order valence-electron chi connectivity index (χ1n) is 10.1. The standard InChI is InChI=1S/C25H26N2O4/c1-17-10-11-20(15-18(17)2)24(28)27-22(16-21-8-6-14-31-21)25(29)26-13-12-19-7-4-5-9-23(19)30-3/h4-11,14-15H,12-13,16H2,1-3H3,(H,26,29). The molecule has 1 heterocycles. The molecule has 0 saturated heterocycles. The van der Waals surface area contributed by atoms with E-state index in [0.717, 1.165) is 22.4 Å². The van der Waals surface area contributed by atoms with Gasteiger partial charge in [-0.3, -0.25) is 9.59 Å². The first kappa shape index (κ1) is 22.0. The summed E-state index contributed by atoms with van der Waals surface area (Å²) in [7, 11) is 1.62. The summed E-state index contributed by atoms with van der Waals surface area (Å²) >= 11 is 0. The SMILES string of the molecule is COc1ccccc1CCNC(=O)C(Cc1ccco1)=NC(=O)c1ccc(C)c(C)c1. The van der Waals surface area contributed by atoms with E-state index in [1.54, 1.807) is 31.4 Å². The van der Waals surface area contributed by atoms with E-state index in [-0.39, 0.29) is 12.1 Å². The van der Waals surface area contributed by atoms with E-state index in [2.05, 4.69) is 10.3 Å². The smallest absolute Gasteiger partial charge is 0.277 e. The molecular formula is C25H26N2O4. The van der Waals surface area contributed by atoms with Gasteiger partial charge in [-0.05, 0) is 67.3 Å². The van der Waals surface area contributed by atoms with E-state index in [1.165, 1.54) is 6.26 Å². The van der Waals surface area contributed by atoms with Crippen LogP contribution in [-0.4, -0.2) is 31.2 Å². The molecule has 1 aromatic heterocycles. The Morgan fingerprint density at radius 3 is 2.55 bits per heavy atom. The predicted molar refractivity (Wildman–Crippen MR) is 120 cm³/mol. The molecule has 0 spiro atoms. The summed E-state index contributed by atoms with van der Waals surface area (Å²) in [5, 5.41) is 2.85. The van der Waals surface area contributed by atoms with Crippen LogP contribution in [0.25, 0.3) is 0 Å². The Kier molecular flexibility index (Phi) is 7.38. The second kappa shape index (κ2) is 10.4. The van der Waals surface area contributed by atoms with Crippen LogP contribution in [0.5, 0.6) is 5.75 Å². The van der Waals surface area contributed by atoms with Crippen molar-refractivity contribution in [3.05, 3.63) is 88.9 Å². The second-order valence-corrected chi connectivity index (χ2v) is 7.24. The van der Waals surface area contributed by atoms with E-state index < -0.39 is 11.8 Å². The minimum absolute atomic E-state index is 0.109. The summed E-state index contributed by atoms with van der Waals surface area (Å²) in [6.07, 6.45) is 2.25. The molecule has 0 fully saturated rings. The Morgan fingerprint density at radius 2 is 1.84 bits per heavy atom. The number of amides is 2. The van der Waals surface area contributed by atoms with E-state index in [9.17, 15) is 9.59 Å². The molecular weight excluding hydrogens is 392 g/mol. The minimum Gasteiger partial charge on any atom is -0.496 e. The summed E-state index contributed by atoms with van der Waals surface area (Å²) in [5.41, 5.74) is 3.63. The van der Waals surface area contributed by atoms with Crippen molar-refractivity contribution in [1.29, 1.82) is 0 Å². The summed E-state index contributed by atoms with van der Waals surface area (Å²) < 4.78 is 10.7. The number of carbonyl (C=O) groups excluding carboxylic acids is 2. The van der Waals surface area contributed by atoms with Crippen LogP contribution in [0.4, 0.5) is 0 Å². The van der Waals surface area contributed by atoms with Crippen LogP contribution < -0.4 is 10.1 Å². The number of nitrogens with one attached hydrogen (secondary N) is 1. The van der Waals surface area contributed by atoms with Gasteiger partial charge in [0.05, 0.1) is 19.8 Å². The van der Waals surface area contributed by atoms with Crippen LogP contribution in [0.15, 0.2) is 70.3 Å². The number of rotatable bonds is 8. The van der Waals surface area contributed by atoms with E-state index in [4.69, 9.17) is 9.15 Å². The zero-order chi connectivity index (χ0) is 22.2. The van der Waals surface area contributed by atoms with Gasteiger partial charge in [-0.2, -0.15) is 0 Å². The molecule has 0 aliphatic heterocycles. The zero-order valence-corrected chi connectivity index (χ0v) is 18.0. The molecule has 31 heavy (non-hydrogen) atoms. The third-order valence-electron chi connectivity index (χ3n) is 5.05. The highest BCUT2D eigenvalue weighted by molar-refractivity contribution is 6.41. The summed E-state index contributed by atoms with van der Waals surface area (Å²) in [6, 6.07) is 16.5. The fourth-order valence-corrected chi connectivity index (χ4v) is 3.13. The highest BCUT2D eigenvalue weighted by Crippen LogP contribution is 2.17. The lowest BCUT2D eigenvalue weighted by Gasteiger charge is -2.10. The third-order valence-corrected chi connectivity index (χ3v) is 5.05. The van der Waals surface area contributed by atoms with E-state index in [1.807, 2.05) is 44.2 Å². The quantitative estimate of drug-likeness (QED) is 0.559. The maximum Gasteiger partial charge on any atom is 0.277 e. The Balaban J connectivity index is 1.74. The number of benzene rings is 2. The molecule has 0 unspecified atom stereocenters. The van der Waals surface area contributed by atoms with Crippen molar-refractivity contribution in [3.8, 4) is 5.75 Å². The number of aliphatic imine (C=N–C) groups is 1. The van der Waals surface area contributed by atoms with Gasteiger partial charge in [-0.25, -0.2) is 4.99 Å². The molecule has 3 aromatic rings. The largest absolute Gasteiger partial charge is 0.496 e. The monoisotopic (exact) mass is 418 g/mol. The molecule has 6 heteroatoms. The summed E-state index contributed by atoms with van der Waals surface area (Å²) in [5.74, 6) is 0.477. The number of hydrogen-bond donors (Lipinski definition) is 1. The number of aryl methyl sites for hydroxylation is 2. The number of ether oxygens (including phenoxy) is 1. The van der Waals surface area contributed by atoms with Crippen LogP contribution in [-0.2, 0) is 17.6 Å². The topological polar surface area (TPSA) is 80.9 Å². The van der Waals surface area contributed by atoms with Gasteiger partial charge >= 0.3 is 0 Å². The zero-order valence-electron chi connectivity index (χ0n) is 18.0. The molecule has 0 aliphatic carbocycles. The lowest BCUT2D eigenvalue weighted by atomic mass is 10.1. The lowest BCUT2D eigenvalue weighted by molar-refractivity contribution is -0.114. The van der Waals surface area contributed by atoms with Crippen molar-refractivity contribution in [1.82, 2.24) is 5.32 Å². The van der Waals surface area contributed by atoms with Gasteiger partial charge < -0.3 is 14.5 Å². The predicted octanol–water partition coefficient (Wildman–Crippen LogP) is 4.09. The third kappa shape index (κ3) is 5.92. The molecule has 6 nitrogen and oxygen atoms in total. The van der Waals surface area contributed by atoms with Crippen molar-refractivity contribution >= 4 is 17.5 Å². The summed E-state index contributed by atoms with van der Waals surface area (Å²) in [4.78, 5) is 29.7. The number of para-hydroxylation sites is 1.